The fraction of sp³-hybridized carbons (Fsp3) is 0.500. The molecule has 1 aromatic rings. The summed E-state index contributed by atoms with van der Waals surface area (Å²) in [6.07, 6.45) is -1.03. The van der Waals surface area contributed by atoms with Gasteiger partial charge in [-0.2, -0.15) is 13.2 Å². The van der Waals surface area contributed by atoms with Crippen molar-refractivity contribution in [1.82, 2.24) is 0 Å². The van der Waals surface area contributed by atoms with Gasteiger partial charge in [0.1, 0.15) is 5.75 Å². The van der Waals surface area contributed by atoms with Crippen molar-refractivity contribution in [3.05, 3.63) is 29.3 Å². The highest BCUT2D eigenvalue weighted by atomic mass is 19.4. The Morgan fingerprint density at radius 3 is 2.42 bits per heavy atom. The van der Waals surface area contributed by atoms with E-state index < -0.39 is 11.7 Å². The van der Waals surface area contributed by atoms with Crippen LogP contribution < -0.4 is 4.74 Å². The lowest BCUT2D eigenvalue weighted by Gasteiger charge is -2.14. The molecule has 1 aliphatic carbocycles. The van der Waals surface area contributed by atoms with Gasteiger partial charge >= 0.3 is 6.18 Å². The summed E-state index contributed by atoms with van der Waals surface area (Å²) in [6.45, 7) is 0. The molecule has 104 valence electrons. The minimum absolute atomic E-state index is 0.125. The second-order valence-corrected chi connectivity index (χ2v) is 4.76. The first kappa shape index (κ1) is 13.9. The van der Waals surface area contributed by atoms with E-state index in [-0.39, 0.29) is 23.0 Å². The lowest BCUT2D eigenvalue weighted by Crippen LogP contribution is -2.14. The van der Waals surface area contributed by atoms with Gasteiger partial charge in [-0.25, -0.2) is 0 Å². The van der Waals surface area contributed by atoms with Gasteiger partial charge in [0.2, 0.25) is 0 Å². The zero-order chi connectivity index (χ0) is 14.0. The quantitative estimate of drug-likeness (QED) is 0.775. The highest BCUT2D eigenvalue weighted by Gasteiger charge is 2.35. The lowest BCUT2D eigenvalue weighted by atomic mass is 9.95. The molecule has 0 radical (unpaired) electrons. The van der Waals surface area contributed by atoms with E-state index in [1.165, 1.54) is 19.2 Å². The predicted molar refractivity (Wildman–Crippen MR) is 64.3 cm³/mol. The van der Waals surface area contributed by atoms with E-state index >= 15 is 0 Å². The molecule has 0 atom stereocenters. The van der Waals surface area contributed by atoms with Gasteiger partial charge in [0.25, 0.3) is 0 Å². The monoisotopic (exact) mass is 272 g/mol. The summed E-state index contributed by atoms with van der Waals surface area (Å²) >= 11 is 0. The standard InChI is InChI=1S/C14H15F3O2/c1-19-12-7-6-10(8-11(12)14(15,16)17)13(18)9-4-2-3-5-9/h6-9H,2-5H2,1H3. The first-order chi connectivity index (χ1) is 8.93. The van der Waals surface area contributed by atoms with E-state index in [1.54, 1.807) is 0 Å². The molecule has 0 amide bonds. The van der Waals surface area contributed by atoms with Crippen molar-refractivity contribution >= 4 is 5.78 Å². The molecule has 2 nitrogen and oxygen atoms in total. The molecule has 5 heteroatoms. The summed E-state index contributed by atoms with van der Waals surface area (Å²) < 4.78 is 43.3. The van der Waals surface area contributed by atoms with Crippen molar-refractivity contribution < 1.29 is 22.7 Å². The number of ketones is 1. The third kappa shape index (κ3) is 2.91. The molecule has 1 fully saturated rings. The molecule has 1 aromatic carbocycles. The van der Waals surface area contributed by atoms with Crippen LogP contribution in [0.1, 0.15) is 41.6 Å². The predicted octanol–water partition coefficient (Wildman–Crippen LogP) is 4.09. The SMILES string of the molecule is COc1ccc(C(=O)C2CCCC2)cc1C(F)(F)F. The van der Waals surface area contributed by atoms with E-state index in [9.17, 15) is 18.0 Å². The highest BCUT2D eigenvalue weighted by molar-refractivity contribution is 5.98. The first-order valence-corrected chi connectivity index (χ1v) is 6.23. The van der Waals surface area contributed by atoms with Gasteiger partial charge in [-0.15, -0.1) is 0 Å². The molecule has 19 heavy (non-hydrogen) atoms. The third-order valence-corrected chi connectivity index (χ3v) is 3.52. The number of alkyl halides is 3. The molecule has 0 saturated heterocycles. The van der Waals surface area contributed by atoms with Gasteiger partial charge < -0.3 is 4.74 Å². The summed E-state index contributed by atoms with van der Waals surface area (Å²) in [5, 5.41) is 0. The Morgan fingerprint density at radius 1 is 1.26 bits per heavy atom. The second kappa shape index (κ2) is 5.23. The normalized spacial score (nSPS) is 16.6. The van der Waals surface area contributed by atoms with Crippen molar-refractivity contribution in [2.45, 2.75) is 31.9 Å². The van der Waals surface area contributed by atoms with Gasteiger partial charge in [0.15, 0.2) is 5.78 Å². The lowest BCUT2D eigenvalue weighted by molar-refractivity contribution is -0.138. The van der Waals surface area contributed by atoms with Crippen LogP contribution in [0.5, 0.6) is 5.75 Å². The van der Waals surface area contributed by atoms with Gasteiger partial charge in [0, 0.05) is 11.5 Å². The molecule has 0 unspecified atom stereocenters. The van der Waals surface area contributed by atoms with Crippen molar-refractivity contribution in [2.75, 3.05) is 7.11 Å². The van der Waals surface area contributed by atoms with Crippen LogP contribution in [-0.2, 0) is 6.18 Å². The maximum absolute atomic E-state index is 12.9. The summed E-state index contributed by atoms with van der Waals surface area (Å²) in [7, 11) is 1.18. The molecule has 0 bridgehead atoms. The number of Topliss-reactive ketones (excluding diaryl/α,β-unsaturated/α-hetero) is 1. The summed E-state index contributed by atoms with van der Waals surface area (Å²) in [4.78, 5) is 12.1. The van der Waals surface area contributed by atoms with E-state index in [4.69, 9.17) is 4.74 Å². The fourth-order valence-corrected chi connectivity index (χ4v) is 2.51. The summed E-state index contributed by atoms with van der Waals surface area (Å²) in [6, 6.07) is 3.53. The van der Waals surface area contributed by atoms with Crippen LogP contribution in [0.25, 0.3) is 0 Å². The zero-order valence-corrected chi connectivity index (χ0v) is 10.6. The number of hydrogen-bond acceptors (Lipinski definition) is 2. The molecule has 0 N–H and O–H groups in total. The Morgan fingerprint density at radius 2 is 1.89 bits per heavy atom. The average Bonchev–Trinajstić information content (AvgIpc) is 2.90. The van der Waals surface area contributed by atoms with Gasteiger partial charge in [-0.3, -0.25) is 4.79 Å². The van der Waals surface area contributed by atoms with E-state index in [1.807, 2.05) is 0 Å². The van der Waals surface area contributed by atoms with E-state index in [0.29, 0.717) is 0 Å². The molecular formula is C14H15F3O2. The van der Waals surface area contributed by atoms with Crippen LogP contribution in [0, 0.1) is 5.92 Å². The molecule has 0 heterocycles. The summed E-state index contributed by atoms with van der Waals surface area (Å²) in [5.74, 6) is -0.574. The first-order valence-electron chi connectivity index (χ1n) is 6.23. The molecule has 1 aliphatic rings. The minimum atomic E-state index is -4.52. The molecule has 0 spiro atoms. The van der Waals surface area contributed by atoms with Crippen molar-refractivity contribution in [3.8, 4) is 5.75 Å². The Balaban J connectivity index is 2.34. The molecule has 0 aromatic heterocycles. The van der Waals surface area contributed by atoms with Crippen LogP contribution in [0.15, 0.2) is 18.2 Å². The maximum Gasteiger partial charge on any atom is 0.419 e. The Kier molecular flexibility index (Phi) is 3.83. The van der Waals surface area contributed by atoms with Crippen LogP contribution in [0.4, 0.5) is 13.2 Å². The number of rotatable bonds is 3. The van der Waals surface area contributed by atoms with Crippen LogP contribution in [-0.4, -0.2) is 12.9 Å². The van der Waals surface area contributed by atoms with Crippen LogP contribution in [0.2, 0.25) is 0 Å². The van der Waals surface area contributed by atoms with E-state index in [2.05, 4.69) is 0 Å². The number of benzene rings is 1. The van der Waals surface area contributed by atoms with Crippen molar-refractivity contribution in [2.24, 2.45) is 5.92 Å². The number of ether oxygens (including phenoxy) is 1. The largest absolute Gasteiger partial charge is 0.496 e. The number of hydrogen-bond donors (Lipinski definition) is 0. The topological polar surface area (TPSA) is 26.3 Å². The van der Waals surface area contributed by atoms with Gasteiger partial charge in [0.05, 0.1) is 12.7 Å². The second-order valence-electron chi connectivity index (χ2n) is 4.76. The zero-order valence-electron chi connectivity index (χ0n) is 10.6. The number of methoxy groups -OCH3 is 1. The van der Waals surface area contributed by atoms with Gasteiger partial charge in [-0.1, -0.05) is 12.8 Å². The average molecular weight is 272 g/mol. The smallest absolute Gasteiger partial charge is 0.419 e. The van der Waals surface area contributed by atoms with Crippen LogP contribution in [0.3, 0.4) is 0 Å². The number of carbonyl (C=O) groups is 1. The summed E-state index contributed by atoms with van der Waals surface area (Å²) in [5.41, 5.74) is -0.765. The van der Waals surface area contributed by atoms with Crippen LogP contribution >= 0.6 is 0 Å². The van der Waals surface area contributed by atoms with Crippen molar-refractivity contribution in [3.63, 3.8) is 0 Å². The van der Waals surface area contributed by atoms with E-state index in [0.717, 1.165) is 31.7 Å². The minimum Gasteiger partial charge on any atom is -0.496 e. The molecular weight excluding hydrogens is 257 g/mol. The molecule has 1 saturated carbocycles. The molecule has 0 aliphatic heterocycles. The maximum atomic E-state index is 12.9. The number of carbonyl (C=O) groups excluding carboxylic acids is 1. The number of halogens is 3. The molecule has 2 rings (SSSR count). The Bertz CT molecular complexity index is 474. The van der Waals surface area contributed by atoms with Gasteiger partial charge in [-0.05, 0) is 31.0 Å². The third-order valence-electron chi connectivity index (χ3n) is 3.52. The van der Waals surface area contributed by atoms with Crippen molar-refractivity contribution in [1.29, 1.82) is 0 Å². The highest BCUT2D eigenvalue weighted by Crippen LogP contribution is 2.37. The Hall–Kier alpha value is -1.52. The Labute approximate surface area is 109 Å². The fourth-order valence-electron chi connectivity index (χ4n) is 2.51.